The number of rotatable bonds is 0. The zero-order chi connectivity index (χ0) is 10.1. The monoisotopic (exact) mass is 191 g/mol. The summed E-state index contributed by atoms with van der Waals surface area (Å²) in [6.45, 7) is 2.30. The van der Waals surface area contributed by atoms with Crippen molar-refractivity contribution in [1.82, 2.24) is 4.98 Å². The second-order valence-electron chi connectivity index (χ2n) is 3.49. The highest BCUT2D eigenvalue weighted by Gasteiger charge is 2.21. The number of fused-ring (bicyclic) bond motifs is 1. The predicted octanol–water partition coefficient (Wildman–Crippen LogP) is 0.963. The SMILES string of the molecule is CC(=O)N1CCCc2ccc(N)nc21. The molecule has 0 radical (unpaired) electrons. The molecule has 0 bridgehead atoms. The molecule has 1 aliphatic rings. The molecule has 0 saturated heterocycles. The van der Waals surface area contributed by atoms with Crippen molar-refractivity contribution < 1.29 is 4.79 Å². The summed E-state index contributed by atoms with van der Waals surface area (Å²) in [6.07, 6.45) is 1.98. The molecule has 0 fully saturated rings. The minimum absolute atomic E-state index is 0.0315. The van der Waals surface area contributed by atoms with E-state index in [9.17, 15) is 4.79 Å². The Bertz CT molecular complexity index is 376. The van der Waals surface area contributed by atoms with Crippen molar-refractivity contribution in [2.24, 2.45) is 0 Å². The zero-order valence-corrected chi connectivity index (χ0v) is 8.16. The largest absolute Gasteiger partial charge is 0.384 e. The van der Waals surface area contributed by atoms with Crippen LogP contribution in [0.4, 0.5) is 11.6 Å². The zero-order valence-electron chi connectivity index (χ0n) is 8.16. The number of anilines is 2. The van der Waals surface area contributed by atoms with E-state index in [0.717, 1.165) is 30.8 Å². The third-order valence-electron chi connectivity index (χ3n) is 2.44. The molecule has 2 heterocycles. The van der Waals surface area contributed by atoms with Crippen LogP contribution in [0.1, 0.15) is 18.9 Å². The lowest BCUT2D eigenvalue weighted by atomic mass is 10.1. The summed E-state index contributed by atoms with van der Waals surface area (Å²) in [6, 6.07) is 3.73. The number of carbonyl (C=O) groups excluding carboxylic acids is 1. The van der Waals surface area contributed by atoms with Crippen molar-refractivity contribution >= 4 is 17.5 Å². The molecule has 2 N–H and O–H groups in total. The molecule has 14 heavy (non-hydrogen) atoms. The molecule has 0 aliphatic carbocycles. The molecule has 0 unspecified atom stereocenters. The van der Waals surface area contributed by atoms with Gasteiger partial charge in [-0.05, 0) is 24.5 Å². The fraction of sp³-hybridized carbons (Fsp3) is 0.400. The number of hydrogen-bond donors (Lipinski definition) is 1. The van der Waals surface area contributed by atoms with E-state index < -0.39 is 0 Å². The number of pyridine rings is 1. The van der Waals surface area contributed by atoms with Crippen LogP contribution in [-0.4, -0.2) is 17.4 Å². The number of amides is 1. The summed E-state index contributed by atoms with van der Waals surface area (Å²) in [5, 5.41) is 0. The van der Waals surface area contributed by atoms with Gasteiger partial charge in [-0.3, -0.25) is 9.69 Å². The van der Waals surface area contributed by atoms with Gasteiger partial charge in [0.15, 0.2) is 0 Å². The summed E-state index contributed by atoms with van der Waals surface area (Å²) < 4.78 is 0. The van der Waals surface area contributed by atoms with E-state index in [2.05, 4.69) is 4.98 Å². The Morgan fingerprint density at radius 1 is 1.57 bits per heavy atom. The van der Waals surface area contributed by atoms with Crippen molar-refractivity contribution in [3.63, 3.8) is 0 Å². The molecule has 1 aromatic heterocycles. The van der Waals surface area contributed by atoms with Crippen LogP contribution in [0.25, 0.3) is 0 Å². The van der Waals surface area contributed by atoms with E-state index in [1.807, 2.05) is 6.07 Å². The van der Waals surface area contributed by atoms with Crippen LogP contribution in [0.5, 0.6) is 0 Å². The first-order chi connectivity index (χ1) is 6.68. The van der Waals surface area contributed by atoms with Crippen LogP contribution in [0, 0.1) is 0 Å². The van der Waals surface area contributed by atoms with Gasteiger partial charge in [0.1, 0.15) is 11.6 Å². The average molecular weight is 191 g/mol. The summed E-state index contributed by atoms with van der Waals surface area (Å²) in [5.74, 6) is 1.24. The lowest BCUT2D eigenvalue weighted by molar-refractivity contribution is -0.116. The van der Waals surface area contributed by atoms with Crippen molar-refractivity contribution in [2.45, 2.75) is 19.8 Å². The van der Waals surface area contributed by atoms with E-state index >= 15 is 0 Å². The third kappa shape index (κ3) is 1.43. The van der Waals surface area contributed by atoms with E-state index in [-0.39, 0.29) is 5.91 Å². The van der Waals surface area contributed by atoms with E-state index in [1.54, 1.807) is 17.9 Å². The van der Waals surface area contributed by atoms with E-state index in [0.29, 0.717) is 5.82 Å². The normalized spacial score (nSPS) is 15.1. The van der Waals surface area contributed by atoms with Gasteiger partial charge < -0.3 is 5.73 Å². The Labute approximate surface area is 82.7 Å². The molecule has 0 saturated carbocycles. The molecular weight excluding hydrogens is 178 g/mol. The summed E-state index contributed by atoms with van der Waals surface area (Å²) >= 11 is 0. The van der Waals surface area contributed by atoms with Crippen LogP contribution in [0.3, 0.4) is 0 Å². The summed E-state index contributed by atoms with van der Waals surface area (Å²) in [7, 11) is 0. The Morgan fingerprint density at radius 3 is 3.07 bits per heavy atom. The molecule has 0 atom stereocenters. The van der Waals surface area contributed by atoms with Gasteiger partial charge in [0.25, 0.3) is 0 Å². The molecule has 1 aliphatic heterocycles. The van der Waals surface area contributed by atoms with Crippen LogP contribution in [-0.2, 0) is 11.2 Å². The Balaban J connectivity index is 2.46. The molecule has 1 aromatic rings. The van der Waals surface area contributed by atoms with Gasteiger partial charge in [0.05, 0.1) is 0 Å². The van der Waals surface area contributed by atoms with Crippen LogP contribution in [0.15, 0.2) is 12.1 Å². The third-order valence-corrected chi connectivity index (χ3v) is 2.44. The topological polar surface area (TPSA) is 59.2 Å². The first kappa shape index (κ1) is 8.99. The van der Waals surface area contributed by atoms with E-state index in [4.69, 9.17) is 5.73 Å². The predicted molar refractivity (Wildman–Crippen MR) is 55.0 cm³/mol. The second kappa shape index (κ2) is 3.29. The maximum Gasteiger partial charge on any atom is 0.225 e. The number of aromatic nitrogens is 1. The van der Waals surface area contributed by atoms with Crippen molar-refractivity contribution in [2.75, 3.05) is 17.2 Å². The molecular formula is C10H13N3O. The van der Waals surface area contributed by atoms with Crippen LogP contribution < -0.4 is 10.6 Å². The Kier molecular flexibility index (Phi) is 2.11. The van der Waals surface area contributed by atoms with Crippen molar-refractivity contribution in [1.29, 1.82) is 0 Å². The van der Waals surface area contributed by atoms with Gasteiger partial charge in [0, 0.05) is 13.5 Å². The molecule has 0 aromatic carbocycles. The molecule has 2 rings (SSSR count). The minimum atomic E-state index is 0.0315. The second-order valence-corrected chi connectivity index (χ2v) is 3.49. The highest BCUT2D eigenvalue weighted by Crippen LogP contribution is 2.25. The summed E-state index contributed by atoms with van der Waals surface area (Å²) in [4.78, 5) is 17.2. The molecule has 74 valence electrons. The van der Waals surface area contributed by atoms with Gasteiger partial charge in [-0.2, -0.15) is 0 Å². The minimum Gasteiger partial charge on any atom is -0.384 e. The highest BCUT2D eigenvalue weighted by molar-refractivity contribution is 5.91. The lowest BCUT2D eigenvalue weighted by Gasteiger charge is -2.27. The molecule has 0 spiro atoms. The standard InChI is InChI=1S/C10H13N3O/c1-7(14)13-6-2-3-8-4-5-9(11)12-10(8)13/h4-5H,2-3,6H2,1H3,(H2,11,12). The maximum atomic E-state index is 11.3. The molecule has 4 heteroatoms. The number of hydrogen-bond acceptors (Lipinski definition) is 3. The smallest absolute Gasteiger partial charge is 0.225 e. The number of aryl methyl sites for hydroxylation is 1. The molecule has 4 nitrogen and oxygen atoms in total. The molecule has 1 amide bonds. The summed E-state index contributed by atoms with van der Waals surface area (Å²) in [5.41, 5.74) is 6.71. The van der Waals surface area contributed by atoms with Gasteiger partial charge >= 0.3 is 0 Å². The Hall–Kier alpha value is -1.58. The average Bonchev–Trinajstić information content (AvgIpc) is 2.16. The van der Waals surface area contributed by atoms with Crippen molar-refractivity contribution in [3.8, 4) is 0 Å². The number of carbonyl (C=O) groups is 1. The van der Waals surface area contributed by atoms with Gasteiger partial charge in [-0.25, -0.2) is 4.98 Å². The first-order valence-corrected chi connectivity index (χ1v) is 4.72. The number of nitrogens with zero attached hydrogens (tertiary/aromatic N) is 2. The number of nitrogens with two attached hydrogens (primary N) is 1. The van der Waals surface area contributed by atoms with Gasteiger partial charge in [-0.1, -0.05) is 6.07 Å². The Morgan fingerprint density at radius 2 is 2.36 bits per heavy atom. The van der Waals surface area contributed by atoms with Crippen LogP contribution in [0.2, 0.25) is 0 Å². The fourth-order valence-corrected chi connectivity index (χ4v) is 1.76. The van der Waals surface area contributed by atoms with E-state index in [1.165, 1.54) is 0 Å². The van der Waals surface area contributed by atoms with Gasteiger partial charge in [0.2, 0.25) is 5.91 Å². The number of nitrogen functional groups attached to an aromatic ring is 1. The fourth-order valence-electron chi connectivity index (χ4n) is 1.76. The van der Waals surface area contributed by atoms with Gasteiger partial charge in [-0.15, -0.1) is 0 Å². The van der Waals surface area contributed by atoms with Crippen molar-refractivity contribution in [3.05, 3.63) is 17.7 Å². The maximum absolute atomic E-state index is 11.3. The lowest BCUT2D eigenvalue weighted by Crippen LogP contribution is -2.34. The van der Waals surface area contributed by atoms with Crippen LogP contribution >= 0.6 is 0 Å². The first-order valence-electron chi connectivity index (χ1n) is 4.72. The highest BCUT2D eigenvalue weighted by atomic mass is 16.2. The quantitative estimate of drug-likeness (QED) is 0.664.